The van der Waals surface area contributed by atoms with Crippen LogP contribution in [0.3, 0.4) is 0 Å². The molecule has 1 saturated carbocycles. The van der Waals surface area contributed by atoms with Crippen LogP contribution in [0.2, 0.25) is 0 Å². The fraction of sp³-hybridized carbons (Fsp3) is 0.318. The Balaban J connectivity index is 1.67. The minimum atomic E-state index is -0.376. The van der Waals surface area contributed by atoms with E-state index in [1.165, 1.54) is 0 Å². The second-order valence-corrected chi connectivity index (χ2v) is 8.83. The van der Waals surface area contributed by atoms with Crippen LogP contribution >= 0.6 is 28.1 Å². The quantitative estimate of drug-likeness (QED) is 0.496. The number of carbonyl (C=O) groups is 2. The lowest BCUT2D eigenvalue weighted by molar-refractivity contribution is -0.117. The second-order valence-electron chi connectivity index (χ2n) is 7.51. The van der Waals surface area contributed by atoms with Gasteiger partial charge in [-0.2, -0.15) is 0 Å². The standard InChI is InChI=1S/C22H24BrN3O3S/c1-12(2)29-19-9-7-15(23)10-17(19)21(28)26-22(30)24-16-8-4-13(3)18(11-16)25-20(27)14-5-6-14/h4,7-12,14H,5-6H2,1-3H3,(H,25,27)(H2,24,26,28,30). The molecule has 2 aromatic carbocycles. The molecule has 3 rings (SSSR count). The molecule has 6 nitrogen and oxygen atoms in total. The first-order chi connectivity index (χ1) is 14.2. The number of amides is 2. The number of hydrogen-bond donors (Lipinski definition) is 3. The van der Waals surface area contributed by atoms with Gasteiger partial charge in [-0.15, -0.1) is 0 Å². The largest absolute Gasteiger partial charge is 0.490 e. The molecular weight excluding hydrogens is 466 g/mol. The summed E-state index contributed by atoms with van der Waals surface area (Å²) < 4.78 is 6.49. The summed E-state index contributed by atoms with van der Waals surface area (Å²) >= 11 is 8.69. The van der Waals surface area contributed by atoms with Crippen LogP contribution < -0.4 is 20.7 Å². The molecule has 0 spiro atoms. The van der Waals surface area contributed by atoms with Crippen molar-refractivity contribution in [3.63, 3.8) is 0 Å². The smallest absolute Gasteiger partial charge is 0.261 e. The Bertz CT molecular complexity index is 990. The lowest BCUT2D eigenvalue weighted by Crippen LogP contribution is -2.34. The van der Waals surface area contributed by atoms with E-state index in [-0.39, 0.29) is 28.9 Å². The van der Waals surface area contributed by atoms with Gasteiger partial charge in [0.05, 0.1) is 11.7 Å². The molecule has 1 aliphatic carbocycles. The number of carbonyl (C=O) groups excluding carboxylic acids is 2. The van der Waals surface area contributed by atoms with Crippen molar-refractivity contribution >= 4 is 56.4 Å². The SMILES string of the molecule is Cc1ccc(NC(=S)NC(=O)c2cc(Br)ccc2OC(C)C)cc1NC(=O)C1CC1. The number of halogens is 1. The monoisotopic (exact) mass is 489 g/mol. The Labute approximate surface area is 189 Å². The van der Waals surface area contributed by atoms with Crippen LogP contribution in [-0.4, -0.2) is 23.0 Å². The van der Waals surface area contributed by atoms with Crippen molar-refractivity contribution in [2.45, 2.75) is 39.7 Å². The molecule has 0 heterocycles. The first-order valence-corrected chi connectivity index (χ1v) is 10.9. The molecule has 0 bridgehead atoms. The summed E-state index contributed by atoms with van der Waals surface area (Å²) in [5.74, 6) is 0.264. The van der Waals surface area contributed by atoms with Gasteiger partial charge in [0.1, 0.15) is 5.75 Å². The number of ether oxygens (including phenoxy) is 1. The minimum Gasteiger partial charge on any atom is -0.490 e. The maximum absolute atomic E-state index is 12.8. The van der Waals surface area contributed by atoms with Crippen LogP contribution in [0, 0.1) is 12.8 Å². The van der Waals surface area contributed by atoms with E-state index >= 15 is 0 Å². The highest BCUT2D eigenvalue weighted by Crippen LogP contribution is 2.31. The predicted octanol–water partition coefficient (Wildman–Crippen LogP) is 5.02. The van der Waals surface area contributed by atoms with Crippen molar-refractivity contribution in [2.24, 2.45) is 5.92 Å². The van der Waals surface area contributed by atoms with Gasteiger partial charge in [-0.25, -0.2) is 0 Å². The second kappa shape index (κ2) is 9.57. The topological polar surface area (TPSA) is 79.5 Å². The third kappa shape index (κ3) is 6.03. The zero-order valence-corrected chi connectivity index (χ0v) is 19.4. The van der Waals surface area contributed by atoms with E-state index in [0.717, 1.165) is 28.6 Å². The first-order valence-electron chi connectivity index (χ1n) is 9.73. The maximum atomic E-state index is 12.8. The fourth-order valence-corrected chi connectivity index (χ4v) is 3.36. The van der Waals surface area contributed by atoms with Crippen LogP contribution in [0.25, 0.3) is 0 Å². The number of aryl methyl sites for hydroxylation is 1. The van der Waals surface area contributed by atoms with Gasteiger partial charge in [-0.3, -0.25) is 14.9 Å². The van der Waals surface area contributed by atoms with E-state index in [2.05, 4.69) is 31.9 Å². The van der Waals surface area contributed by atoms with E-state index in [1.54, 1.807) is 18.2 Å². The molecule has 3 N–H and O–H groups in total. The zero-order valence-electron chi connectivity index (χ0n) is 17.0. The van der Waals surface area contributed by atoms with Crippen LogP contribution in [0.5, 0.6) is 5.75 Å². The van der Waals surface area contributed by atoms with E-state index in [9.17, 15) is 9.59 Å². The van der Waals surface area contributed by atoms with Gasteiger partial charge in [0.2, 0.25) is 5.91 Å². The number of benzene rings is 2. The first kappa shape index (κ1) is 22.2. The molecule has 0 aromatic heterocycles. The normalized spacial score (nSPS) is 13.0. The Morgan fingerprint density at radius 3 is 2.53 bits per heavy atom. The summed E-state index contributed by atoms with van der Waals surface area (Å²) in [7, 11) is 0. The number of hydrogen-bond acceptors (Lipinski definition) is 4. The average molecular weight is 490 g/mol. The summed E-state index contributed by atoms with van der Waals surface area (Å²) in [6.45, 7) is 5.72. The van der Waals surface area contributed by atoms with Crippen LogP contribution in [0.1, 0.15) is 42.6 Å². The van der Waals surface area contributed by atoms with Crippen molar-refractivity contribution in [1.29, 1.82) is 0 Å². The van der Waals surface area contributed by atoms with Gasteiger partial charge in [-0.1, -0.05) is 22.0 Å². The molecule has 158 valence electrons. The van der Waals surface area contributed by atoms with Gasteiger partial charge in [0.25, 0.3) is 5.91 Å². The molecule has 0 aliphatic heterocycles. The molecule has 8 heteroatoms. The Morgan fingerprint density at radius 1 is 1.13 bits per heavy atom. The summed E-state index contributed by atoms with van der Waals surface area (Å²) in [5, 5.41) is 8.79. The third-order valence-corrected chi connectivity index (χ3v) is 5.17. The van der Waals surface area contributed by atoms with Crippen molar-refractivity contribution in [3.05, 3.63) is 52.0 Å². The lowest BCUT2D eigenvalue weighted by Gasteiger charge is -2.16. The molecule has 2 amide bonds. The van der Waals surface area contributed by atoms with E-state index < -0.39 is 0 Å². The Morgan fingerprint density at radius 2 is 1.87 bits per heavy atom. The minimum absolute atomic E-state index is 0.0402. The number of nitrogens with one attached hydrogen (secondary N) is 3. The molecule has 1 fully saturated rings. The van der Waals surface area contributed by atoms with Crippen molar-refractivity contribution in [1.82, 2.24) is 5.32 Å². The average Bonchev–Trinajstić information content (AvgIpc) is 3.50. The van der Waals surface area contributed by atoms with E-state index in [4.69, 9.17) is 17.0 Å². The van der Waals surface area contributed by atoms with Gasteiger partial charge >= 0.3 is 0 Å². The highest BCUT2D eigenvalue weighted by molar-refractivity contribution is 9.10. The predicted molar refractivity (Wildman–Crippen MR) is 126 cm³/mol. The van der Waals surface area contributed by atoms with Crippen LogP contribution in [-0.2, 0) is 4.79 Å². The van der Waals surface area contributed by atoms with Crippen molar-refractivity contribution in [2.75, 3.05) is 10.6 Å². The van der Waals surface area contributed by atoms with Crippen molar-refractivity contribution in [3.8, 4) is 5.75 Å². The van der Waals surface area contributed by atoms with Gasteiger partial charge in [-0.05, 0) is 81.7 Å². The Hall–Kier alpha value is -2.45. The summed E-state index contributed by atoms with van der Waals surface area (Å²) in [6.07, 6.45) is 1.81. The van der Waals surface area contributed by atoms with Crippen LogP contribution in [0.4, 0.5) is 11.4 Å². The molecule has 30 heavy (non-hydrogen) atoms. The van der Waals surface area contributed by atoms with Crippen molar-refractivity contribution < 1.29 is 14.3 Å². The number of rotatable bonds is 6. The fourth-order valence-electron chi connectivity index (χ4n) is 2.78. The van der Waals surface area contributed by atoms with E-state index in [1.807, 2.05) is 39.0 Å². The highest BCUT2D eigenvalue weighted by Gasteiger charge is 2.29. The maximum Gasteiger partial charge on any atom is 0.261 e. The lowest BCUT2D eigenvalue weighted by atomic mass is 10.1. The molecule has 0 saturated heterocycles. The number of anilines is 2. The molecular formula is C22H24BrN3O3S. The molecule has 0 atom stereocenters. The van der Waals surface area contributed by atoms with E-state index in [0.29, 0.717) is 17.0 Å². The number of thiocarbonyl (C=S) groups is 1. The summed E-state index contributed by atoms with van der Waals surface area (Å²) in [4.78, 5) is 24.8. The highest BCUT2D eigenvalue weighted by atomic mass is 79.9. The molecule has 0 radical (unpaired) electrons. The molecule has 2 aromatic rings. The van der Waals surface area contributed by atoms with Gasteiger partial charge < -0.3 is 15.4 Å². The van der Waals surface area contributed by atoms with Gasteiger partial charge in [0.15, 0.2) is 5.11 Å². The molecule has 1 aliphatic rings. The van der Waals surface area contributed by atoms with Gasteiger partial charge in [0, 0.05) is 21.8 Å². The Kier molecular flexibility index (Phi) is 7.10. The summed E-state index contributed by atoms with van der Waals surface area (Å²) in [5.41, 5.74) is 2.73. The molecule has 0 unspecified atom stereocenters. The third-order valence-electron chi connectivity index (χ3n) is 4.48. The summed E-state index contributed by atoms with van der Waals surface area (Å²) in [6, 6.07) is 10.8. The zero-order chi connectivity index (χ0) is 21.8. The van der Waals surface area contributed by atoms with Crippen LogP contribution in [0.15, 0.2) is 40.9 Å².